The van der Waals surface area contributed by atoms with Gasteiger partial charge in [-0.2, -0.15) is 0 Å². The van der Waals surface area contributed by atoms with Gasteiger partial charge in [0.05, 0.1) is 18.2 Å². The standard InChI is InChI=1S/C19H21N3O4S/c1-3-13-9-17(24)22-15(11-27-19(22)21-13)10-16(23)20-14-7-5-12(6-8-14)18(25)26-4-2/h5-9,15H,3-4,10-11H2,1-2H3,(H,20,23). The molecule has 2 heterocycles. The Bertz CT molecular complexity index is 908. The van der Waals surface area contributed by atoms with E-state index in [2.05, 4.69) is 10.3 Å². The summed E-state index contributed by atoms with van der Waals surface area (Å²) in [6.07, 6.45) is 0.892. The third-order valence-corrected chi connectivity index (χ3v) is 5.30. The van der Waals surface area contributed by atoms with Gasteiger partial charge in [-0.05, 0) is 37.6 Å². The van der Waals surface area contributed by atoms with Crippen LogP contribution in [0.2, 0.25) is 0 Å². The quantitative estimate of drug-likeness (QED) is 0.605. The van der Waals surface area contributed by atoms with Gasteiger partial charge in [0.2, 0.25) is 5.91 Å². The monoisotopic (exact) mass is 387 g/mol. The number of ether oxygens (including phenoxy) is 1. The van der Waals surface area contributed by atoms with Gasteiger partial charge in [-0.25, -0.2) is 9.78 Å². The Kier molecular flexibility index (Phi) is 5.95. The van der Waals surface area contributed by atoms with Crippen LogP contribution in [0.25, 0.3) is 0 Å². The molecule has 1 atom stereocenters. The summed E-state index contributed by atoms with van der Waals surface area (Å²) in [4.78, 5) is 40.8. The van der Waals surface area contributed by atoms with E-state index in [9.17, 15) is 14.4 Å². The average Bonchev–Trinajstić information content (AvgIpc) is 3.05. The number of benzene rings is 1. The zero-order valence-electron chi connectivity index (χ0n) is 15.2. The molecule has 1 aliphatic rings. The summed E-state index contributed by atoms with van der Waals surface area (Å²) in [6.45, 7) is 4.01. The van der Waals surface area contributed by atoms with Crippen molar-refractivity contribution in [2.45, 2.75) is 37.9 Å². The first-order valence-electron chi connectivity index (χ1n) is 8.84. The molecule has 1 aromatic carbocycles. The second-order valence-electron chi connectivity index (χ2n) is 6.11. The molecule has 1 aromatic heterocycles. The maximum atomic E-state index is 12.4. The summed E-state index contributed by atoms with van der Waals surface area (Å²) in [5.41, 5.74) is 1.68. The summed E-state index contributed by atoms with van der Waals surface area (Å²) in [6, 6.07) is 7.85. The molecule has 0 spiro atoms. The van der Waals surface area contributed by atoms with E-state index in [0.29, 0.717) is 35.2 Å². The summed E-state index contributed by atoms with van der Waals surface area (Å²) in [5.74, 6) is 0.0574. The van der Waals surface area contributed by atoms with Gasteiger partial charge in [0.1, 0.15) is 0 Å². The lowest BCUT2D eigenvalue weighted by molar-refractivity contribution is -0.116. The summed E-state index contributed by atoms with van der Waals surface area (Å²) in [5, 5.41) is 3.48. The fraction of sp³-hybridized carbons (Fsp3) is 0.368. The predicted molar refractivity (Wildman–Crippen MR) is 103 cm³/mol. The van der Waals surface area contributed by atoms with Crippen molar-refractivity contribution >= 4 is 29.3 Å². The number of carbonyl (C=O) groups is 2. The maximum Gasteiger partial charge on any atom is 0.338 e. The number of esters is 1. The van der Waals surface area contributed by atoms with Crippen molar-refractivity contribution in [1.29, 1.82) is 0 Å². The molecule has 27 heavy (non-hydrogen) atoms. The van der Waals surface area contributed by atoms with E-state index in [1.54, 1.807) is 35.8 Å². The van der Waals surface area contributed by atoms with Crippen LogP contribution in [0.1, 0.15) is 42.4 Å². The van der Waals surface area contributed by atoms with Crippen LogP contribution < -0.4 is 10.9 Å². The number of thioether (sulfide) groups is 1. The molecule has 1 amide bonds. The number of fused-ring (bicyclic) bond motifs is 1. The molecule has 3 rings (SSSR count). The van der Waals surface area contributed by atoms with Crippen molar-refractivity contribution < 1.29 is 14.3 Å². The highest BCUT2D eigenvalue weighted by molar-refractivity contribution is 7.99. The predicted octanol–water partition coefficient (Wildman–Crippen LogP) is 2.66. The molecule has 1 unspecified atom stereocenters. The Hall–Kier alpha value is -2.61. The molecule has 1 aliphatic heterocycles. The number of carbonyl (C=O) groups excluding carboxylic acids is 2. The van der Waals surface area contributed by atoms with Gasteiger partial charge in [0.15, 0.2) is 5.16 Å². The summed E-state index contributed by atoms with van der Waals surface area (Å²) < 4.78 is 6.54. The van der Waals surface area contributed by atoms with E-state index in [1.165, 1.54) is 17.8 Å². The zero-order chi connectivity index (χ0) is 19.4. The molecule has 0 fully saturated rings. The summed E-state index contributed by atoms with van der Waals surface area (Å²) in [7, 11) is 0. The molecule has 0 saturated carbocycles. The van der Waals surface area contributed by atoms with Crippen LogP contribution in [-0.2, 0) is 16.0 Å². The average molecular weight is 387 g/mol. The first-order valence-corrected chi connectivity index (χ1v) is 9.82. The molecular formula is C19H21N3O4S. The molecule has 0 saturated heterocycles. The largest absolute Gasteiger partial charge is 0.462 e. The maximum absolute atomic E-state index is 12.4. The van der Waals surface area contributed by atoms with Gasteiger partial charge in [-0.15, -0.1) is 0 Å². The second-order valence-corrected chi connectivity index (χ2v) is 7.09. The fourth-order valence-corrected chi connectivity index (χ4v) is 4.03. The van der Waals surface area contributed by atoms with Crippen LogP contribution in [0.15, 0.2) is 40.3 Å². The Labute approximate surface area is 161 Å². The number of rotatable bonds is 6. The molecule has 0 aliphatic carbocycles. The van der Waals surface area contributed by atoms with Gasteiger partial charge in [0.25, 0.3) is 5.56 Å². The van der Waals surface area contributed by atoms with E-state index >= 15 is 0 Å². The van der Waals surface area contributed by atoms with Crippen LogP contribution in [0.4, 0.5) is 5.69 Å². The van der Waals surface area contributed by atoms with Crippen LogP contribution in [0.5, 0.6) is 0 Å². The molecule has 8 heteroatoms. The third kappa shape index (κ3) is 4.39. The number of nitrogens with zero attached hydrogens (tertiary/aromatic N) is 2. The van der Waals surface area contributed by atoms with Crippen molar-refractivity contribution in [2.24, 2.45) is 0 Å². The molecular weight excluding hydrogens is 366 g/mol. The molecule has 7 nitrogen and oxygen atoms in total. The smallest absolute Gasteiger partial charge is 0.338 e. The Morgan fingerprint density at radius 1 is 1.30 bits per heavy atom. The van der Waals surface area contributed by atoms with Crippen LogP contribution in [0.3, 0.4) is 0 Å². The number of nitrogens with one attached hydrogen (secondary N) is 1. The third-order valence-electron chi connectivity index (χ3n) is 4.21. The lowest BCUT2D eigenvalue weighted by atomic mass is 10.2. The number of aryl methyl sites for hydroxylation is 1. The van der Waals surface area contributed by atoms with Crippen molar-refractivity contribution in [3.63, 3.8) is 0 Å². The fourth-order valence-electron chi connectivity index (χ4n) is 2.86. The molecule has 1 N–H and O–H groups in total. The van der Waals surface area contributed by atoms with E-state index in [0.717, 1.165) is 5.69 Å². The first-order chi connectivity index (χ1) is 13.0. The van der Waals surface area contributed by atoms with E-state index in [4.69, 9.17) is 4.74 Å². The minimum absolute atomic E-state index is 0.113. The topological polar surface area (TPSA) is 90.3 Å². The number of hydrogen-bond acceptors (Lipinski definition) is 6. The highest BCUT2D eigenvalue weighted by Gasteiger charge is 2.27. The Balaban J connectivity index is 1.64. The highest BCUT2D eigenvalue weighted by atomic mass is 32.2. The second kappa shape index (κ2) is 8.39. The van der Waals surface area contributed by atoms with E-state index < -0.39 is 5.97 Å². The van der Waals surface area contributed by atoms with Crippen molar-refractivity contribution in [2.75, 3.05) is 17.7 Å². The lowest BCUT2D eigenvalue weighted by Crippen LogP contribution is -2.27. The van der Waals surface area contributed by atoms with Crippen LogP contribution in [0, 0.1) is 0 Å². The Morgan fingerprint density at radius 3 is 2.70 bits per heavy atom. The number of hydrogen-bond donors (Lipinski definition) is 1. The van der Waals surface area contributed by atoms with E-state index in [1.807, 2.05) is 6.92 Å². The first kappa shape index (κ1) is 19.2. The van der Waals surface area contributed by atoms with Gasteiger partial charge in [0, 0.05) is 29.6 Å². The number of anilines is 1. The van der Waals surface area contributed by atoms with Gasteiger partial charge >= 0.3 is 5.97 Å². The molecule has 0 bridgehead atoms. The van der Waals surface area contributed by atoms with Crippen LogP contribution in [-0.4, -0.2) is 33.8 Å². The van der Waals surface area contributed by atoms with Gasteiger partial charge in [-0.1, -0.05) is 18.7 Å². The Morgan fingerprint density at radius 2 is 2.04 bits per heavy atom. The zero-order valence-corrected chi connectivity index (χ0v) is 16.0. The highest BCUT2D eigenvalue weighted by Crippen LogP contribution is 2.32. The minimum atomic E-state index is -0.395. The number of aromatic nitrogens is 2. The lowest BCUT2D eigenvalue weighted by Gasteiger charge is -2.13. The summed E-state index contributed by atoms with van der Waals surface area (Å²) >= 11 is 1.50. The molecule has 142 valence electrons. The van der Waals surface area contributed by atoms with Crippen LogP contribution >= 0.6 is 11.8 Å². The van der Waals surface area contributed by atoms with Crippen molar-refractivity contribution in [3.05, 3.63) is 51.9 Å². The van der Waals surface area contributed by atoms with Crippen molar-refractivity contribution in [3.8, 4) is 0 Å². The minimum Gasteiger partial charge on any atom is -0.462 e. The van der Waals surface area contributed by atoms with Gasteiger partial charge in [-0.3, -0.25) is 14.2 Å². The van der Waals surface area contributed by atoms with Gasteiger partial charge < -0.3 is 10.1 Å². The molecule has 0 radical (unpaired) electrons. The van der Waals surface area contributed by atoms with Crippen molar-refractivity contribution in [1.82, 2.24) is 9.55 Å². The van der Waals surface area contributed by atoms with E-state index in [-0.39, 0.29) is 23.9 Å². The normalized spacial score (nSPS) is 15.3. The SMILES string of the molecule is CCOC(=O)c1ccc(NC(=O)CC2CSc3nc(CC)cc(=O)n32)cc1. The molecule has 2 aromatic rings. The number of amides is 1.